The van der Waals surface area contributed by atoms with Gasteiger partial charge in [0.1, 0.15) is 12.2 Å². The molecule has 11 heteroatoms. The molecule has 0 aliphatic carbocycles. The lowest BCUT2D eigenvalue weighted by atomic mass is 10.2. The van der Waals surface area contributed by atoms with E-state index < -0.39 is 12.3 Å². The van der Waals surface area contributed by atoms with Crippen molar-refractivity contribution in [2.24, 2.45) is 0 Å². The zero-order valence-corrected chi connectivity index (χ0v) is 17.6. The fourth-order valence-electron chi connectivity index (χ4n) is 2.50. The average molecular weight is 493 g/mol. The summed E-state index contributed by atoms with van der Waals surface area (Å²) >= 11 is 15.4. The van der Waals surface area contributed by atoms with Gasteiger partial charge in [-0.15, -0.1) is 0 Å². The van der Waals surface area contributed by atoms with Crippen LogP contribution in [0.15, 0.2) is 34.9 Å². The third kappa shape index (κ3) is 4.89. The van der Waals surface area contributed by atoms with Crippen molar-refractivity contribution in [2.75, 3.05) is 5.32 Å². The van der Waals surface area contributed by atoms with Crippen molar-refractivity contribution in [2.45, 2.75) is 26.4 Å². The van der Waals surface area contributed by atoms with E-state index in [-0.39, 0.29) is 12.2 Å². The van der Waals surface area contributed by atoms with Crippen molar-refractivity contribution < 1.29 is 13.6 Å². The molecule has 2 aromatic heterocycles. The van der Waals surface area contributed by atoms with Gasteiger partial charge in [-0.3, -0.25) is 14.2 Å². The largest absolute Gasteiger partial charge is 0.307 e. The molecule has 0 fully saturated rings. The van der Waals surface area contributed by atoms with Crippen LogP contribution in [0, 0.1) is 6.92 Å². The maximum Gasteiger partial charge on any atom is 0.282 e. The molecular weight excluding hydrogens is 479 g/mol. The summed E-state index contributed by atoms with van der Waals surface area (Å²) in [5.74, 6) is -0.142. The van der Waals surface area contributed by atoms with Gasteiger partial charge < -0.3 is 5.32 Å². The van der Waals surface area contributed by atoms with E-state index >= 15 is 0 Å². The van der Waals surface area contributed by atoms with Crippen molar-refractivity contribution >= 4 is 50.9 Å². The number of hydrogen-bond acceptors (Lipinski definition) is 3. The van der Waals surface area contributed by atoms with Gasteiger partial charge in [0.05, 0.1) is 11.0 Å². The normalized spacial score (nSPS) is 11.2. The van der Waals surface area contributed by atoms with E-state index in [2.05, 4.69) is 31.4 Å². The Morgan fingerprint density at radius 1 is 1.29 bits per heavy atom. The number of nitrogens with zero attached hydrogens (tertiary/aromatic N) is 4. The Morgan fingerprint density at radius 3 is 2.68 bits per heavy atom. The van der Waals surface area contributed by atoms with Gasteiger partial charge in [-0.05, 0) is 46.6 Å². The summed E-state index contributed by atoms with van der Waals surface area (Å²) in [4.78, 5) is 12.3. The lowest BCUT2D eigenvalue weighted by Gasteiger charge is -2.06. The molecule has 1 N–H and O–H groups in total. The molecule has 0 radical (unpaired) electrons. The molecule has 0 aliphatic rings. The molecule has 0 bridgehead atoms. The van der Waals surface area contributed by atoms with Crippen LogP contribution < -0.4 is 5.32 Å². The maximum atomic E-state index is 12.7. The Hall–Kier alpha value is -1.97. The van der Waals surface area contributed by atoms with Gasteiger partial charge in [0.25, 0.3) is 6.43 Å². The minimum absolute atomic E-state index is 0.207. The van der Waals surface area contributed by atoms with Crippen LogP contribution in [0.3, 0.4) is 0 Å². The number of rotatable bonds is 6. The molecule has 0 saturated carbocycles. The predicted molar refractivity (Wildman–Crippen MR) is 106 cm³/mol. The third-order valence-electron chi connectivity index (χ3n) is 3.84. The van der Waals surface area contributed by atoms with Crippen molar-refractivity contribution in [3.8, 4) is 0 Å². The smallest absolute Gasteiger partial charge is 0.282 e. The molecular formula is C17H14BrCl2F2N5O. The molecule has 3 aromatic rings. The number of hydrogen-bond donors (Lipinski definition) is 1. The first-order valence-electron chi connectivity index (χ1n) is 8.02. The number of carbonyl (C=O) groups is 1. The van der Waals surface area contributed by atoms with Gasteiger partial charge in [-0.25, -0.2) is 8.78 Å². The van der Waals surface area contributed by atoms with Crippen LogP contribution in [0.5, 0.6) is 0 Å². The van der Waals surface area contributed by atoms with Gasteiger partial charge in [0.15, 0.2) is 5.82 Å². The first-order chi connectivity index (χ1) is 13.2. The van der Waals surface area contributed by atoms with Gasteiger partial charge >= 0.3 is 0 Å². The van der Waals surface area contributed by atoms with Crippen LogP contribution in [-0.2, 0) is 17.9 Å². The third-order valence-corrected chi connectivity index (χ3v) is 5.01. The molecule has 0 unspecified atom stereocenters. The summed E-state index contributed by atoms with van der Waals surface area (Å²) in [6.07, 6.45) is -0.998. The summed E-state index contributed by atoms with van der Waals surface area (Å²) in [6.45, 7) is 1.77. The topological polar surface area (TPSA) is 64.7 Å². The highest BCUT2D eigenvalue weighted by Crippen LogP contribution is 2.25. The van der Waals surface area contributed by atoms with Crippen LogP contribution in [0.25, 0.3) is 0 Å². The first-order valence-corrected chi connectivity index (χ1v) is 9.57. The number of alkyl halides is 2. The van der Waals surface area contributed by atoms with Gasteiger partial charge in [-0.2, -0.15) is 10.2 Å². The molecule has 1 amide bonds. The van der Waals surface area contributed by atoms with Gasteiger partial charge in [-0.1, -0.05) is 29.3 Å². The lowest BCUT2D eigenvalue weighted by Crippen LogP contribution is -2.21. The second-order valence-electron chi connectivity index (χ2n) is 5.98. The number of benzene rings is 1. The van der Waals surface area contributed by atoms with Crippen LogP contribution >= 0.6 is 39.1 Å². The monoisotopic (exact) mass is 491 g/mol. The van der Waals surface area contributed by atoms with Crippen LogP contribution in [0.4, 0.5) is 14.6 Å². The summed E-state index contributed by atoms with van der Waals surface area (Å²) in [5, 5.41) is 11.7. The number of aryl methyl sites for hydroxylation is 1. The highest BCUT2D eigenvalue weighted by Gasteiger charge is 2.17. The Morgan fingerprint density at radius 2 is 2.04 bits per heavy atom. The summed E-state index contributed by atoms with van der Waals surface area (Å²) < 4.78 is 28.8. The molecule has 2 heterocycles. The van der Waals surface area contributed by atoms with E-state index in [1.54, 1.807) is 36.0 Å². The van der Waals surface area contributed by atoms with Crippen molar-refractivity contribution in [1.29, 1.82) is 0 Å². The molecule has 0 atom stereocenters. The second kappa shape index (κ2) is 8.59. The fourth-order valence-corrected chi connectivity index (χ4v) is 3.38. The number of aromatic nitrogens is 4. The quantitative estimate of drug-likeness (QED) is 0.521. The molecule has 0 saturated heterocycles. The second-order valence-corrected chi connectivity index (χ2v) is 7.67. The van der Waals surface area contributed by atoms with E-state index in [1.807, 2.05) is 0 Å². The van der Waals surface area contributed by atoms with Crippen molar-refractivity contribution in [3.63, 3.8) is 0 Å². The predicted octanol–water partition coefficient (Wildman–Crippen LogP) is 5.08. The van der Waals surface area contributed by atoms with E-state index in [0.29, 0.717) is 32.6 Å². The zero-order chi connectivity index (χ0) is 20.4. The lowest BCUT2D eigenvalue weighted by molar-refractivity contribution is -0.117. The molecule has 6 nitrogen and oxygen atoms in total. The maximum absolute atomic E-state index is 12.7. The van der Waals surface area contributed by atoms with E-state index in [0.717, 1.165) is 5.56 Å². The Labute approximate surface area is 177 Å². The van der Waals surface area contributed by atoms with E-state index in [4.69, 9.17) is 23.2 Å². The summed E-state index contributed by atoms with van der Waals surface area (Å²) in [5.41, 5.74) is 0.911. The molecule has 3 rings (SSSR count). The summed E-state index contributed by atoms with van der Waals surface area (Å²) in [7, 11) is 0. The standard InChI is InChI=1S/C17H14BrCl2F2N5O/c1-9-4-14(16(21)22)24-27(9)8-15(28)23-17-12(18)7-26(25-17)6-10-2-3-11(19)5-13(10)20/h2-5,7,16H,6,8H2,1H3,(H,23,25,28). The Bertz CT molecular complexity index is 1020. The molecule has 0 aliphatic heterocycles. The number of nitrogens with one attached hydrogen (secondary N) is 1. The number of halogens is 5. The highest BCUT2D eigenvalue weighted by molar-refractivity contribution is 9.10. The average Bonchev–Trinajstić information content (AvgIpc) is 3.13. The molecule has 0 spiro atoms. The first kappa shape index (κ1) is 20.8. The number of amides is 1. The minimum atomic E-state index is -2.69. The van der Waals surface area contributed by atoms with E-state index in [1.165, 1.54) is 10.7 Å². The molecule has 1 aromatic carbocycles. The number of anilines is 1. The Kier molecular flexibility index (Phi) is 6.36. The molecule has 28 heavy (non-hydrogen) atoms. The van der Waals surface area contributed by atoms with Crippen molar-refractivity contribution in [3.05, 3.63) is 61.9 Å². The Balaban J connectivity index is 1.68. The van der Waals surface area contributed by atoms with Crippen molar-refractivity contribution in [1.82, 2.24) is 19.6 Å². The zero-order valence-electron chi connectivity index (χ0n) is 14.5. The van der Waals surface area contributed by atoms with Crippen LogP contribution in [-0.4, -0.2) is 25.5 Å². The van der Waals surface area contributed by atoms with Crippen LogP contribution in [0.1, 0.15) is 23.4 Å². The number of carbonyl (C=O) groups excluding carboxylic acids is 1. The highest BCUT2D eigenvalue weighted by atomic mass is 79.9. The minimum Gasteiger partial charge on any atom is -0.307 e. The summed E-state index contributed by atoms with van der Waals surface area (Å²) in [6, 6.07) is 6.40. The van der Waals surface area contributed by atoms with Crippen LogP contribution in [0.2, 0.25) is 10.0 Å². The fraction of sp³-hybridized carbons (Fsp3) is 0.235. The van der Waals surface area contributed by atoms with Gasteiger partial charge in [0, 0.05) is 21.9 Å². The van der Waals surface area contributed by atoms with Gasteiger partial charge in [0.2, 0.25) is 5.91 Å². The SMILES string of the molecule is Cc1cc(C(F)F)nn1CC(=O)Nc1nn(Cc2ccc(Cl)cc2Cl)cc1Br. The molecule has 148 valence electrons. The van der Waals surface area contributed by atoms with E-state index in [9.17, 15) is 13.6 Å².